The molecule has 1 atom stereocenters. The first-order valence-corrected chi connectivity index (χ1v) is 6.90. The average molecular weight is 261 g/mol. The first-order chi connectivity index (χ1) is 9.15. The van der Waals surface area contributed by atoms with E-state index in [4.69, 9.17) is 4.74 Å². The van der Waals surface area contributed by atoms with Crippen LogP contribution in [-0.2, 0) is 22.5 Å². The minimum atomic E-state index is -0.0819. The lowest BCUT2D eigenvalue weighted by molar-refractivity contribution is -0.142. The zero-order valence-electron chi connectivity index (χ0n) is 11.4. The van der Waals surface area contributed by atoms with Crippen LogP contribution in [0.5, 0.6) is 0 Å². The molecule has 0 unspecified atom stereocenters. The summed E-state index contributed by atoms with van der Waals surface area (Å²) in [5, 5.41) is 0. The molecular weight excluding hydrogens is 242 g/mol. The zero-order valence-corrected chi connectivity index (χ0v) is 11.4. The predicted octanol–water partition coefficient (Wildman–Crippen LogP) is 1.27. The van der Waals surface area contributed by atoms with Gasteiger partial charge in [-0.2, -0.15) is 0 Å². The molecule has 0 bridgehead atoms. The van der Waals surface area contributed by atoms with Gasteiger partial charge >= 0.3 is 5.97 Å². The predicted molar refractivity (Wildman–Crippen MR) is 69.6 cm³/mol. The highest BCUT2D eigenvalue weighted by atomic mass is 16.5. The van der Waals surface area contributed by atoms with Crippen LogP contribution in [0, 0.1) is 0 Å². The number of carbonyl (C=O) groups is 1. The van der Waals surface area contributed by atoms with Crippen molar-refractivity contribution in [2.75, 3.05) is 13.2 Å². The fraction of sp³-hybridized carbons (Fsp3) is 0.643. The first kappa shape index (κ1) is 12.5. The number of rotatable bonds is 2. The monoisotopic (exact) mass is 261 g/mol. The molecule has 1 saturated heterocycles. The third kappa shape index (κ3) is 2.34. The second kappa shape index (κ2) is 4.89. The fourth-order valence-electron chi connectivity index (χ4n) is 2.70. The van der Waals surface area contributed by atoms with Gasteiger partial charge in [0.1, 0.15) is 11.9 Å². The summed E-state index contributed by atoms with van der Waals surface area (Å²) in [4.78, 5) is 22.9. The fourth-order valence-corrected chi connectivity index (χ4v) is 2.70. The van der Waals surface area contributed by atoms with Gasteiger partial charge in [-0.1, -0.05) is 13.8 Å². The van der Waals surface area contributed by atoms with E-state index in [1.54, 1.807) is 0 Å². The Morgan fingerprint density at radius 1 is 1.47 bits per heavy atom. The molecule has 2 aliphatic heterocycles. The number of cyclic esters (lactones) is 1. The van der Waals surface area contributed by atoms with E-state index in [9.17, 15) is 4.79 Å². The molecule has 0 N–H and O–H groups in total. The highest BCUT2D eigenvalue weighted by molar-refractivity contribution is 5.77. The highest BCUT2D eigenvalue weighted by Gasteiger charge is 2.34. The van der Waals surface area contributed by atoms with Crippen molar-refractivity contribution < 1.29 is 9.53 Å². The molecule has 0 radical (unpaired) electrons. The molecule has 1 fully saturated rings. The summed E-state index contributed by atoms with van der Waals surface area (Å²) in [6, 6.07) is -0.0781. The summed E-state index contributed by atoms with van der Waals surface area (Å²) in [5.74, 6) is 1.13. The molecule has 0 aliphatic carbocycles. The third-order valence-electron chi connectivity index (χ3n) is 3.86. The number of nitrogens with zero attached hydrogens (tertiary/aromatic N) is 3. The minimum Gasteiger partial charge on any atom is -0.464 e. The van der Waals surface area contributed by atoms with Gasteiger partial charge in [-0.15, -0.1) is 0 Å². The van der Waals surface area contributed by atoms with Crippen LogP contribution in [-0.4, -0.2) is 40.0 Å². The molecule has 5 heteroatoms. The van der Waals surface area contributed by atoms with Crippen LogP contribution in [0.25, 0.3) is 0 Å². The molecular formula is C14H19N3O2. The standard InChI is InChI=1S/C14H19N3O2/c1-9(2)13-15-7-10-3-5-17(8-11(10)16-13)12-4-6-19-14(12)18/h7,9,12H,3-6,8H2,1-2H3/t12-/m0/s1. The van der Waals surface area contributed by atoms with Crippen molar-refractivity contribution >= 4 is 5.97 Å². The van der Waals surface area contributed by atoms with Crippen LogP contribution in [0.2, 0.25) is 0 Å². The Morgan fingerprint density at radius 2 is 2.32 bits per heavy atom. The molecule has 0 saturated carbocycles. The van der Waals surface area contributed by atoms with Crippen molar-refractivity contribution in [3.8, 4) is 0 Å². The smallest absolute Gasteiger partial charge is 0.323 e. The van der Waals surface area contributed by atoms with Crippen LogP contribution >= 0.6 is 0 Å². The summed E-state index contributed by atoms with van der Waals surface area (Å²) in [7, 11) is 0. The Morgan fingerprint density at radius 3 is 3.00 bits per heavy atom. The van der Waals surface area contributed by atoms with E-state index in [1.165, 1.54) is 5.56 Å². The molecule has 1 aromatic heterocycles. The van der Waals surface area contributed by atoms with Gasteiger partial charge in [0, 0.05) is 31.6 Å². The van der Waals surface area contributed by atoms with Crippen LogP contribution in [0.3, 0.4) is 0 Å². The zero-order chi connectivity index (χ0) is 13.4. The van der Waals surface area contributed by atoms with Crippen LogP contribution in [0.4, 0.5) is 0 Å². The second-order valence-corrected chi connectivity index (χ2v) is 5.55. The Kier molecular flexibility index (Phi) is 3.22. The number of esters is 1. The van der Waals surface area contributed by atoms with E-state index in [1.807, 2.05) is 6.20 Å². The molecule has 0 aromatic carbocycles. The molecule has 0 amide bonds. The average Bonchev–Trinajstić information content (AvgIpc) is 2.83. The lowest BCUT2D eigenvalue weighted by atomic mass is 10.0. The molecule has 5 nitrogen and oxygen atoms in total. The maximum absolute atomic E-state index is 11.7. The largest absolute Gasteiger partial charge is 0.464 e. The molecule has 1 aromatic rings. The molecule has 102 valence electrons. The normalized spacial score (nSPS) is 23.5. The second-order valence-electron chi connectivity index (χ2n) is 5.55. The number of hydrogen-bond donors (Lipinski definition) is 0. The van der Waals surface area contributed by atoms with Crippen LogP contribution in [0.15, 0.2) is 6.20 Å². The van der Waals surface area contributed by atoms with Crippen molar-refractivity contribution in [3.63, 3.8) is 0 Å². The molecule has 2 aliphatic rings. The maximum atomic E-state index is 11.7. The number of aromatic nitrogens is 2. The van der Waals surface area contributed by atoms with Crippen molar-refractivity contribution in [3.05, 3.63) is 23.3 Å². The Balaban J connectivity index is 1.82. The van der Waals surface area contributed by atoms with Gasteiger partial charge in [0.25, 0.3) is 0 Å². The van der Waals surface area contributed by atoms with Gasteiger partial charge in [-0.05, 0) is 12.0 Å². The van der Waals surface area contributed by atoms with E-state index in [0.717, 1.165) is 37.4 Å². The molecule has 3 rings (SSSR count). The lowest BCUT2D eigenvalue weighted by Gasteiger charge is -2.30. The Hall–Kier alpha value is -1.49. The van der Waals surface area contributed by atoms with Crippen molar-refractivity contribution in [2.24, 2.45) is 0 Å². The van der Waals surface area contributed by atoms with Crippen molar-refractivity contribution in [1.29, 1.82) is 0 Å². The highest BCUT2D eigenvalue weighted by Crippen LogP contribution is 2.23. The van der Waals surface area contributed by atoms with Crippen molar-refractivity contribution in [2.45, 2.75) is 45.2 Å². The summed E-state index contributed by atoms with van der Waals surface area (Å²) in [6.07, 6.45) is 3.66. The summed E-state index contributed by atoms with van der Waals surface area (Å²) >= 11 is 0. The Labute approximate surface area is 113 Å². The minimum absolute atomic E-state index is 0.0781. The quantitative estimate of drug-likeness (QED) is 0.750. The van der Waals surface area contributed by atoms with E-state index in [2.05, 4.69) is 28.7 Å². The summed E-state index contributed by atoms with van der Waals surface area (Å²) in [5.41, 5.74) is 2.29. The SMILES string of the molecule is CC(C)c1ncc2c(n1)CN([C@H]1CCOC1=O)CC2. The van der Waals surface area contributed by atoms with Crippen molar-refractivity contribution in [1.82, 2.24) is 14.9 Å². The van der Waals surface area contributed by atoms with Gasteiger partial charge in [0.15, 0.2) is 0 Å². The van der Waals surface area contributed by atoms with Gasteiger partial charge in [0.05, 0.1) is 12.3 Å². The number of ether oxygens (including phenoxy) is 1. The number of fused-ring (bicyclic) bond motifs is 1. The molecule has 3 heterocycles. The third-order valence-corrected chi connectivity index (χ3v) is 3.86. The van der Waals surface area contributed by atoms with E-state index in [0.29, 0.717) is 12.5 Å². The van der Waals surface area contributed by atoms with Crippen LogP contribution in [0.1, 0.15) is 43.3 Å². The molecule has 19 heavy (non-hydrogen) atoms. The van der Waals surface area contributed by atoms with Gasteiger partial charge in [-0.25, -0.2) is 9.97 Å². The van der Waals surface area contributed by atoms with Crippen LogP contribution < -0.4 is 0 Å². The lowest BCUT2D eigenvalue weighted by Crippen LogP contribution is -2.42. The maximum Gasteiger partial charge on any atom is 0.323 e. The van der Waals surface area contributed by atoms with E-state index >= 15 is 0 Å². The topological polar surface area (TPSA) is 55.3 Å². The number of hydrogen-bond acceptors (Lipinski definition) is 5. The first-order valence-electron chi connectivity index (χ1n) is 6.90. The number of carbonyl (C=O) groups excluding carboxylic acids is 1. The molecule has 0 spiro atoms. The van der Waals surface area contributed by atoms with Gasteiger partial charge < -0.3 is 4.74 Å². The van der Waals surface area contributed by atoms with E-state index in [-0.39, 0.29) is 12.0 Å². The van der Waals surface area contributed by atoms with Gasteiger partial charge in [-0.3, -0.25) is 9.69 Å². The summed E-state index contributed by atoms with van der Waals surface area (Å²) < 4.78 is 5.06. The summed E-state index contributed by atoms with van der Waals surface area (Å²) in [6.45, 7) is 6.36. The van der Waals surface area contributed by atoms with Gasteiger partial charge in [0.2, 0.25) is 0 Å². The Bertz CT molecular complexity index is 501. The van der Waals surface area contributed by atoms with E-state index < -0.39 is 0 Å².